The fraction of sp³-hybridized carbons (Fsp3) is 0.231. The molecule has 1 amide bonds. The number of halogens is 1. The molecular weight excluding hydrogens is 252 g/mol. The van der Waals surface area contributed by atoms with E-state index < -0.39 is 0 Å². The normalized spacial score (nSPS) is 10.3. The number of aromatic nitrogens is 1. The molecule has 0 atom stereocenters. The first-order chi connectivity index (χ1) is 8.69. The van der Waals surface area contributed by atoms with E-state index in [1.807, 2.05) is 6.92 Å². The highest BCUT2D eigenvalue weighted by molar-refractivity contribution is 6.29. The van der Waals surface area contributed by atoms with Gasteiger partial charge in [0.05, 0.1) is 12.8 Å². The van der Waals surface area contributed by atoms with Gasteiger partial charge in [0.2, 0.25) is 0 Å². The van der Waals surface area contributed by atoms with Crippen molar-refractivity contribution in [2.45, 2.75) is 19.9 Å². The zero-order valence-corrected chi connectivity index (χ0v) is 10.7. The Bertz CT molecular complexity index is 538. The second-order valence-corrected chi connectivity index (χ2v) is 4.17. The first kappa shape index (κ1) is 12.6. The van der Waals surface area contributed by atoms with Crippen molar-refractivity contribution in [2.24, 2.45) is 0 Å². The van der Waals surface area contributed by atoms with Crippen LogP contribution in [0.4, 0.5) is 0 Å². The molecule has 2 rings (SSSR count). The Morgan fingerprint density at radius 2 is 2.33 bits per heavy atom. The van der Waals surface area contributed by atoms with Crippen molar-refractivity contribution in [3.8, 4) is 0 Å². The molecule has 0 aliphatic rings. The molecule has 2 aromatic rings. The van der Waals surface area contributed by atoms with Gasteiger partial charge >= 0.3 is 0 Å². The van der Waals surface area contributed by atoms with E-state index in [1.54, 1.807) is 30.5 Å². The highest BCUT2D eigenvalue weighted by atomic mass is 35.5. The molecule has 0 fully saturated rings. The molecule has 0 bridgehead atoms. The number of rotatable bonds is 4. The van der Waals surface area contributed by atoms with Gasteiger partial charge in [0, 0.05) is 11.3 Å². The van der Waals surface area contributed by atoms with Gasteiger partial charge in [0.15, 0.2) is 0 Å². The van der Waals surface area contributed by atoms with Gasteiger partial charge in [0.1, 0.15) is 10.9 Å². The van der Waals surface area contributed by atoms with Gasteiger partial charge in [-0.25, -0.2) is 4.98 Å². The fourth-order valence-electron chi connectivity index (χ4n) is 1.55. The van der Waals surface area contributed by atoms with Crippen molar-refractivity contribution < 1.29 is 9.21 Å². The average molecular weight is 265 g/mol. The number of nitrogens with zero attached hydrogens (tertiary/aromatic N) is 1. The molecule has 2 heterocycles. The smallest absolute Gasteiger partial charge is 0.251 e. The number of hydrogen-bond acceptors (Lipinski definition) is 3. The van der Waals surface area contributed by atoms with Gasteiger partial charge < -0.3 is 9.73 Å². The third-order valence-corrected chi connectivity index (χ3v) is 2.67. The molecule has 4 nitrogen and oxygen atoms in total. The lowest BCUT2D eigenvalue weighted by Gasteiger charge is -2.05. The van der Waals surface area contributed by atoms with Crippen LogP contribution in [0.3, 0.4) is 0 Å². The summed E-state index contributed by atoms with van der Waals surface area (Å²) >= 11 is 5.86. The summed E-state index contributed by atoms with van der Waals surface area (Å²) in [7, 11) is 0. The molecule has 94 valence electrons. The van der Waals surface area contributed by atoms with E-state index in [9.17, 15) is 4.79 Å². The molecule has 0 spiro atoms. The monoisotopic (exact) mass is 264 g/mol. The number of carbonyl (C=O) groups is 1. The van der Waals surface area contributed by atoms with E-state index in [2.05, 4.69) is 10.3 Å². The van der Waals surface area contributed by atoms with Crippen molar-refractivity contribution in [3.63, 3.8) is 0 Å². The van der Waals surface area contributed by atoms with Crippen molar-refractivity contribution in [1.29, 1.82) is 0 Å². The van der Waals surface area contributed by atoms with Crippen LogP contribution in [0.1, 0.15) is 28.7 Å². The molecule has 0 aromatic carbocycles. The molecule has 0 aliphatic heterocycles. The summed E-state index contributed by atoms with van der Waals surface area (Å²) in [5.41, 5.74) is 1.31. The summed E-state index contributed by atoms with van der Waals surface area (Å²) in [6.45, 7) is 2.32. The predicted octanol–water partition coefficient (Wildman–Crippen LogP) is 2.82. The first-order valence-electron chi connectivity index (χ1n) is 5.66. The van der Waals surface area contributed by atoms with E-state index in [-0.39, 0.29) is 5.91 Å². The van der Waals surface area contributed by atoms with E-state index >= 15 is 0 Å². The summed E-state index contributed by atoms with van der Waals surface area (Å²) in [4.78, 5) is 16.0. The molecule has 0 aliphatic carbocycles. The molecule has 5 heteroatoms. The van der Waals surface area contributed by atoms with E-state index in [1.165, 1.54) is 0 Å². The maximum Gasteiger partial charge on any atom is 0.251 e. The Labute approximate surface area is 110 Å². The largest absolute Gasteiger partial charge is 0.467 e. The summed E-state index contributed by atoms with van der Waals surface area (Å²) in [6.07, 6.45) is 2.30. The lowest BCUT2D eigenvalue weighted by molar-refractivity contribution is 0.0948. The zero-order chi connectivity index (χ0) is 13.0. The van der Waals surface area contributed by atoms with Crippen LogP contribution < -0.4 is 5.32 Å². The number of nitrogens with one attached hydrogen (secondary N) is 1. The lowest BCUT2D eigenvalue weighted by Crippen LogP contribution is -2.22. The molecule has 1 N–H and O–H groups in total. The van der Waals surface area contributed by atoms with E-state index in [0.717, 1.165) is 12.1 Å². The molecule has 0 radical (unpaired) electrons. The number of aryl methyl sites for hydroxylation is 1. The van der Waals surface area contributed by atoms with Gasteiger partial charge in [0.25, 0.3) is 5.91 Å². The van der Waals surface area contributed by atoms with Crippen LogP contribution in [0.2, 0.25) is 5.15 Å². The van der Waals surface area contributed by atoms with Gasteiger partial charge in [-0.15, -0.1) is 0 Å². The van der Waals surface area contributed by atoms with E-state index in [4.69, 9.17) is 16.0 Å². The van der Waals surface area contributed by atoms with Crippen LogP contribution in [0.5, 0.6) is 0 Å². The number of furan rings is 1. The van der Waals surface area contributed by atoms with Crippen LogP contribution in [0, 0.1) is 0 Å². The van der Waals surface area contributed by atoms with Crippen molar-refractivity contribution >= 4 is 17.5 Å². The molecule has 0 saturated heterocycles. The predicted molar refractivity (Wildman–Crippen MR) is 68.5 cm³/mol. The summed E-state index contributed by atoms with van der Waals surface area (Å²) in [6, 6.07) is 6.87. The van der Waals surface area contributed by atoms with Crippen LogP contribution in [-0.4, -0.2) is 10.9 Å². The third kappa shape index (κ3) is 3.11. The van der Waals surface area contributed by atoms with E-state index in [0.29, 0.717) is 23.0 Å². The second-order valence-electron chi connectivity index (χ2n) is 3.79. The van der Waals surface area contributed by atoms with Crippen LogP contribution in [-0.2, 0) is 13.0 Å². The molecule has 2 aromatic heterocycles. The zero-order valence-electron chi connectivity index (χ0n) is 9.94. The maximum absolute atomic E-state index is 11.9. The van der Waals surface area contributed by atoms with Crippen LogP contribution in [0.25, 0.3) is 0 Å². The SMILES string of the molecule is CCc1cc(C(=O)NCc2ccco2)cc(Cl)n1. The van der Waals surface area contributed by atoms with Crippen molar-refractivity contribution in [3.05, 3.63) is 52.7 Å². The summed E-state index contributed by atoms with van der Waals surface area (Å²) in [5.74, 6) is 0.518. The van der Waals surface area contributed by atoms with Crippen LogP contribution >= 0.6 is 11.6 Å². The molecule has 18 heavy (non-hydrogen) atoms. The number of pyridine rings is 1. The third-order valence-electron chi connectivity index (χ3n) is 2.47. The maximum atomic E-state index is 11.9. The lowest BCUT2D eigenvalue weighted by atomic mass is 10.2. The quantitative estimate of drug-likeness (QED) is 0.864. The number of hydrogen-bond donors (Lipinski definition) is 1. The van der Waals surface area contributed by atoms with Crippen molar-refractivity contribution in [2.75, 3.05) is 0 Å². The van der Waals surface area contributed by atoms with Gasteiger partial charge in [-0.1, -0.05) is 18.5 Å². The van der Waals surface area contributed by atoms with Crippen molar-refractivity contribution in [1.82, 2.24) is 10.3 Å². The fourth-order valence-corrected chi connectivity index (χ4v) is 1.77. The minimum Gasteiger partial charge on any atom is -0.467 e. The average Bonchev–Trinajstić information content (AvgIpc) is 2.88. The van der Waals surface area contributed by atoms with Gasteiger partial charge in [-0.3, -0.25) is 4.79 Å². The number of carbonyl (C=O) groups excluding carboxylic acids is 1. The summed E-state index contributed by atoms with van der Waals surface area (Å²) < 4.78 is 5.14. The molecular formula is C13H13ClN2O2. The highest BCUT2D eigenvalue weighted by Crippen LogP contribution is 2.11. The number of amides is 1. The Kier molecular flexibility index (Phi) is 3.99. The second kappa shape index (κ2) is 5.69. The topological polar surface area (TPSA) is 55.1 Å². The molecule has 0 saturated carbocycles. The Hall–Kier alpha value is -1.81. The first-order valence-corrected chi connectivity index (χ1v) is 6.04. The standard InChI is InChI=1S/C13H13ClN2O2/c1-2-10-6-9(7-12(14)16-10)13(17)15-8-11-4-3-5-18-11/h3-7H,2,8H2,1H3,(H,15,17). The molecule has 0 unspecified atom stereocenters. The minimum atomic E-state index is -0.189. The highest BCUT2D eigenvalue weighted by Gasteiger charge is 2.09. The van der Waals surface area contributed by atoms with Crippen LogP contribution in [0.15, 0.2) is 34.9 Å². The van der Waals surface area contributed by atoms with Gasteiger partial charge in [-0.2, -0.15) is 0 Å². The Balaban J connectivity index is 2.06. The minimum absolute atomic E-state index is 0.189. The Morgan fingerprint density at radius 1 is 1.50 bits per heavy atom. The Morgan fingerprint density at radius 3 is 3.00 bits per heavy atom. The van der Waals surface area contributed by atoms with Gasteiger partial charge in [-0.05, 0) is 30.7 Å². The summed E-state index contributed by atoms with van der Waals surface area (Å²) in [5, 5.41) is 3.09.